The molecule has 0 aliphatic heterocycles. The van der Waals surface area contributed by atoms with Crippen LogP contribution in [0.15, 0.2) is 53.3 Å². The number of thiophene rings is 1. The first kappa shape index (κ1) is 18.2. The molecule has 2 heterocycles. The molecule has 0 bridgehead atoms. The Morgan fingerprint density at radius 1 is 1.27 bits per heavy atom. The quantitative estimate of drug-likeness (QED) is 0.494. The summed E-state index contributed by atoms with van der Waals surface area (Å²) in [6.07, 6.45) is 1.60. The molecule has 1 N–H and O–H groups in total. The Bertz CT molecular complexity index is 892. The maximum absolute atomic E-state index is 12.3. The fourth-order valence-corrected chi connectivity index (χ4v) is 3.68. The first-order valence-corrected chi connectivity index (χ1v) is 9.68. The number of hydrogen-bond donors (Lipinski definition) is 1. The summed E-state index contributed by atoms with van der Waals surface area (Å²) in [5.41, 5.74) is 1.28. The van der Waals surface area contributed by atoms with Crippen LogP contribution in [0.1, 0.15) is 17.3 Å². The molecule has 0 fully saturated rings. The Hall–Kier alpha value is -2.65. The van der Waals surface area contributed by atoms with Crippen molar-refractivity contribution in [3.8, 4) is 5.69 Å². The highest BCUT2D eigenvalue weighted by atomic mass is 32.2. The zero-order chi connectivity index (χ0) is 18.4. The number of nitrogens with one attached hydrogen (secondary N) is 1. The van der Waals surface area contributed by atoms with E-state index in [1.165, 1.54) is 23.1 Å². The number of carbonyl (C=O) groups is 2. The molecule has 0 atom stereocenters. The number of amides is 1. The SMILES string of the molecule is CCOC(=O)c1ccsc1NC(=O)CSc1nncn1-c1ccccc1. The Morgan fingerprint density at radius 2 is 2.08 bits per heavy atom. The molecule has 1 amide bonds. The monoisotopic (exact) mass is 388 g/mol. The summed E-state index contributed by atoms with van der Waals surface area (Å²) in [6.45, 7) is 2.02. The molecule has 0 radical (unpaired) electrons. The van der Waals surface area contributed by atoms with E-state index in [1.807, 2.05) is 34.9 Å². The maximum atomic E-state index is 12.3. The summed E-state index contributed by atoms with van der Waals surface area (Å²) in [6, 6.07) is 11.3. The second-order valence-corrected chi connectivity index (χ2v) is 6.90. The molecular formula is C17H16N4O3S2. The summed E-state index contributed by atoms with van der Waals surface area (Å²) in [5, 5.41) is 13.6. The van der Waals surface area contributed by atoms with Gasteiger partial charge in [-0.3, -0.25) is 9.36 Å². The number of aromatic nitrogens is 3. The molecule has 0 aliphatic carbocycles. The molecule has 3 rings (SSSR count). The van der Waals surface area contributed by atoms with Gasteiger partial charge in [-0.25, -0.2) is 4.79 Å². The van der Waals surface area contributed by atoms with Crippen molar-refractivity contribution in [3.63, 3.8) is 0 Å². The van der Waals surface area contributed by atoms with E-state index in [4.69, 9.17) is 4.74 Å². The molecule has 0 saturated carbocycles. The van der Waals surface area contributed by atoms with Crippen LogP contribution in [-0.2, 0) is 9.53 Å². The van der Waals surface area contributed by atoms with Gasteiger partial charge < -0.3 is 10.1 Å². The van der Waals surface area contributed by atoms with Gasteiger partial charge in [-0.1, -0.05) is 30.0 Å². The van der Waals surface area contributed by atoms with Crippen molar-refractivity contribution in [2.24, 2.45) is 0 Å². The third-order valence-electron chi connectivity index (χ3n) is 3.30. The molecule has 2 aromatic heterocycles. The van der Waals surface area contributed by atoms with E-state index in [0.29, 0.717) is 15.7 Å². The van der Waals surface area contributed by atoms with Crippen LogP contribution in [0.2, 0.25) is 0 Å². The predicted molar refractivity (Wildman–Crippen MR) is 101 cm³/mol. The van der Waals surface area contributed by atoms with Gasteiger partial charge in [-0.05, 0) is 30.5 Å². The van der Waals surface area contributed by atoms with Crippen molar-refractivity contribution in [1.82, 2.24) is 14.8 Å². The normalized spacial score (nSPS) is 10.5. The number of benzene rings is 1. The van der Waals surface area contributed by atoms with Crippen LogP contribution in [0, 0.1) is 0 Å². The van der Waals surface area contributed by atoms with E-state index < -0.39 is 5.97 Å². The van der Waals surface area contributed by atoms with E-state index in [-0.39, 0.29) is 18.3 Å². The Kier molecular flexibility index (Phi) is 6.03. The van der Waals surface area contributed by atoms with Gasteiger partial charge in [0.1, 0.15) is 11.3 Å². The lowest BCUT2D eigenvalue weighted by atomic mass is 10.3. The molecule has 3 aromatic rings. The Balaban J connectivity index is 1.62. The van der Waals surface area contributed by atoms with Crippen molar-refractivity contribution in [2.75, 3.05) is 17.7 Å². The molecule has 0 saturated heterocycles. The highest BCUT2D eigenvalue weighted by Crippen LogP contribution is 2.25. The zero-order valence-corrected chi connectivity index (χ0v) is 15.5. The number of para-hydroxylation sites is 1. The molecule has 0 aliphatic rings. The van der Waals surface area contributed by atoms with E-state index in [9.17, 15) is 9.59 Å². The summed E-state index contributed by atoms with van der Waals surface area (Å²) in [4.78, 5) is 24.1. The highest BCUT2D eigenvalue weighted by molar-refractivity contribution is 7.99. The number of carbonyl (C=O) groups excluding carboxylic acids is 2. The number of esters is 1. The largest absolute Gasteiger partial charge is 0.462 e. The second kappa shape index (κ2) is 8.63. The first-order valence-electron chi connectivity index (χ1n) is 7.81. The fourth-order valence-electron chi connectivity index (χ4n) is 2.16. The molecule has 0 spiro atoms. The van der Waals surface area contributed by atoms with Gasteiger partial charge >= 0.3 is 5.97 Å². The third kappa shape index (κ3) is 4.30. The average Bonchev–Trinajstić information content (AvgIpc) is 3.30. The lowest BCUT2D eigenvalue weighted by molar-refractivity contribution is -0.113. The smallest absolute Gasteiger partial charge is 0.341 e. The molecule has 9 heteroatoms. The highest BCUT2D eigenvalue weighted by Gasteiger charge is 2.17. The number of thioether (sulfide) groups is 1. The van der Waals surface area contributed by atoms with Crippen LogP contribution >= 0.6 is 23.1 Å². The maximum Gasteiger partial charge on any atom is 0.341 e. The van der Waals surface area contributed by atoms with Crippen LogP contribution in [0.4, 0.5) is 5.00 Å². The first-order chi connectivity index (χ1) is 12.7. The van der Waals surface area contributed by atoms with Gasteiger partial charge in [-0.2, -0.15) is 0 Å². The summed E-state index contributed by atoms with van der Waals surface area (Å²) in [5.74, 6) is -0.530. The lowest BCUT2D eigenvalue weighted by Crippen LogP contribution is -2.16. The average molecular weight is 388 g/mol. The van der Waals surface area contributed by atoms with Crippen LogP contribution in [0.3, 0.4) is 0 Å². The molecule has 134 valence electrons. The van der Waals surface area contributed by atoms with Gasteiger partial charge in [0, 0.05) is 5.69 Å². The summed E-state index contributed by atoms with van der Waals surface area (Å²) >= 11 is 2.55. The van der Waals surface area contributed by atoms with Gasteiger partial charge in [0.2, 0.25) is 5.91 Å². The number of nitrogens with zero attached hydrogens (tertiary/aromatic N) is 3. The summed E-state index contributed by atoms with van der Waals surface area (Å²) in [7, 11) is 0. The standard InChI is InChI=1S/C17H16N4O3S2/c1-2-24-16(23)13-8-9-25-15(13)19-14(22)10-26-17-20-18-11-21(17)12-6-4-3-5-7-12/h3-9,11H,2,10H2,1H3,(H,19,22). The number of rotatable bonds is 7. The van der Waals surface area contributed by atoms with Crippen LogP contribution < -0.4 is 5.32 Å². The minimum atomic E-state index is -0.444. The van der Waals surface area contributed by atoms with Gasteiger partial charge in [0.05, 0.1) is 17.9 Å². The van der Waals surface area contributed by atoms with Crippen molar-refractivity contribution in [3.05, 3.63) is 53.7 Å². The lowest BCUT2D eigenvalue weighted by Gasteiger charge is -2.07. The number of anilines is 1. The van der Waals surface area contributed by atoms with Crippen molar-refractivity contribution >= 4 is 40.0 Å². The predicted octanol–water partition coefficient (Wildman–Crippen LogP) is 3.24. The van der Waals surface area contributed by atoms with Gasteiger partial charge in [-0.15, -0.1) is 21.5 Å². The number of hydrogen-bond acceptors (Lipinski definition) is 7. The second-order valence-electron chi connectivity index (χ2n) is 5.04. The molecule has 7 nitrogen and oxygen atoms in total. The van der Waals surface area contributed by atoms with Gasteiger partial charge in [0.15, 0.2) is 5.16 Å². The van der Waals surface area contributed by atoms with Crippen LogP contribution in [0.5, 0.6) is 0 Å². The minimum absolute atomic E-state index is 0.145. The van der Waals surface area contributed by atoms with E-state index >= 15 is 0 Å². The van der Waals surface area contributed by atoms with Crippen molar-refractivity contribution < 1.29 is 14.3 Å². The molecule has 0 unspecified atom stereocenters. The van der Waals surface area contributed by atoms with Gasteiger partial charge in [0.25, 0.3) is 0 Å². The van der Waals surface area contributed by atoms with Crippen molar-refractivity contribution in [1.29, 1.82) is 0 Å². The number of ether oxygens (including phenoxy) is 1. The summed E-state index contributed by atoms with van der Waals surface area (Å²) < 4.78 is 6.79. The fraction of sp³-hybridized carbons (Fsp3) is 0.176. The van der Waals surface area contributed by atoms with Crippen molar-refractivity contribution in [2.45, 2.75) is 12.1 Å². The van der Waals surface area contributed by atoms with E-state index in [1.54, 1.807) is 24.7 Å². The Labute approximate surface area is 158 Å². The van der Waals surface area contributed by atoms with E-state index in [2.05, 4.69) is 15.5 Å². The van der Waals surface area contributed by atoms with Crippen LogP contribution in [0.25, 0.3) is 5.69 Å². The topological polar surface area (TPSA) is 86.1 Å². The van der Waals surface area contributed by atoms with Crippen LogP contribution in [-0.4, -0.2) is 39.0 Å². The van der Waals surface area contributed by atoms with E-state index in [0.717, 1.165) is 5.69 Å². The Morgan fingerprint density at radius 3 is 2.85 bits per heavy atom. The minimum Gasteiger partial charge on any atom is -0.462 e. The molecular weight excluding hydrogens is 372 g/mol. The zero-order valence-electron chi connectivity index (χ0n) is 13.9. The molecule has 26 heavy (non-hydrogen) atoms. The third-order valence-corrected chi connectivity index (χ3v) is 5.07. The molecule has 1 aromatic carbocycles.